The molecule has 1 fully saturated rings. The highest BCUT2D eigenvalue weighted by Gasteiger charge is 2.15. The van der Waals surface area contributed by atoms with E-state index in [-0.39, 0.29) is 11.5 Å². The van der Waals surface area contributed by atoms with Crippen LogP contribution >= 0.6 is 15.9 Å². The van der Waals surface area contributed by atoms with Gasteiger partial charge in [0.25, 0.3) is 5.56 Å². The number of anilines is 1. The molecule has 0 atom stereocenters. The van der Waals surface area contributed by atoms with Crippen LogP contribution in [0.4, 0.5) is 5.88 Å². The molecule has 3 heterocycles. The third kappa shape index (κ3) is 4.29. The van der Waals surface area contributed by atoms with E-state index in [1.807, 2.05) is 38.1 Å². The van der Waals surface area contributed by atoms with Gasteiger partial charge in [-0.3, -0.25) is 4.79 Å². The molecule has 7 heteroatoms. The number of nitrogens with zero attached hydrogens (tertiary/aromatic N) is 4. The highest BCUT2D eigenvalue weighted by atomic mass is 79.9. The van der Waals surface area contributed by atoms with Crippen molar-refractivity contribution in [3.63, 3.8) is 0 Å². The molecule has 152 valence electrons. The van der Waals surface area contributed by atoms with Crippen LogP contribution in [0, 0.1) is 0 Å². The van der Waals surface area contributed by atoms with Crippen LogP contribution in [0.25, 0.3) is 10.9 Å². The van der Waals surface area contributed by atoms with Gasteiger partial charge in [0.2, 0.25) is 0 Å². The topological polar surface area (TPSA) is 63.6 Å². The Hall–Kier alpha value is -2.41. The minimum absolute atomic E-state index is 0.0529. The largest absolute Gasteiger partial charge is 0.440 e. The molecule has 0 unspecified atom stereocenters. The fourth-order valence-corrected chi connectivity index (χ4v) is 4.00. The number of halogens is 1. The number of furan rings is 1. The average molecular weight is 457 g/mol. The summed E-state index contributed by atoms with van der Waals surface area (Å²) in [6.07, 6.45) is 6.53. The van der Waals surface area contributed by atoms with Crippen molar-refractivity contribution in [3.05, 3.63) is 56.7 Å². The Morgan fingerprint density at radius 2 is 1.90 bits per heavy atom. The summed E-state index contributed by atoms with van der Waals surface area (Å²) in [5, 5.41) is 4.98. The molecule has 1 saturated heterocycles. The maximum atomic E-state index is 13.1. The Morgan fingerprint density at radius 3 is 2.62 bits per heavy atom. The van der Waals surface area contributed by atoms with Gasteiger partial charge < -0.3 is 9.32 Å². The van der Waals surface area contributed by atoms with Crippen molar-refractivity contribution in [1.82, 2.24) is 9.66 Å². The van der Waals surface area contributed by atoms with Crippen LogP contribution in [0.15, 0.2) is 49.1 Å². The first-order valence-electron chi connectivity index (χ1n) is 10.1. The van der Waals surface area contributed by atoms with Crippen LogP contribution in [0.1, 0.15) is 57.0 Å². The second-order valence-corrected chi connectivity index (χ2v) is 8.64. The third-order valence-corrected chi connectivity index (χ3v) is 5.67. The molecule has 6 nitrogen and oxygen atoms in total. The Morgan fingerprint density at radius 1 is 1.14 bits per heavy atom. The summed E-state index contributed by atoms with van der Waals surface area (Å²) in [6.45, 7) is 6.04. The van der Waals surface area contributed by atoms with Crippen LogP contribution in [0.2, 0.25) is 0 Å². The van der Waals surface area contributed by atoms with E-state index in [0.717, 1.165) is 23.4 Å². The van der Waals surface area contributed by atoms with Gasteiger partial charge in [0.15, 0.2) is 5.88 Å². The van der Waals surface area contributed by atoms with E-state index in [0.29, 0.717) is 22.5 Å². The zero-order chi connectivity index (χ0) is 20.4. The predicted octanol–water partition coefficient (Wildman–Crippen LogP) is 5.14. The molecule has 1 aromatic carbocycles. The second-order valence-electron chi connectivity index (χ2n) is 7.72. The molecule has 29 heavy (non-hydrogen) atoms. The van der Waals surface area contributed by atoms with Crippen molar-refractivity contribution < 1.29 is 4.42 Å². The van der Waals surface area contributed by atoms with Crippen molar-refractivity contribution >= 4 is 38.9 Å². The van der Waals surface area contributed by atoms with Crippen molar-refractivity contribution in [3.8, 4) is 0 Å². The normalized spacial score (nSPS) is 15.5. The molecular formula is C22H25BrN4O2. The fraction of sp³-hybridized carbons (Fsp3) is 0.409. The van der Waals surface area contributed by atoms with Gasteiger partial charge in [-0.25, -0.2) is 4.98 Å². The van der Waals surface area contributed by atoms with Gasteiger partial charge in [0, 0.05) is 29.5 Å². The lowest BCUT2D eigenvalue weighted by molar-refractivity contribution is 0.537. The molecule has 0 saturated carbocycles. The molecule has 0 N–H and O–H groups in total. The van der Waals surface area contributed by atoms with E-state index in [4.69, 9.17) is 4.42 Å². The van der Waals surface area contributed by atoms with E-state index in [1.165, 1.54) is 30.4 Å². The Bertz CT molecular complexity index is 1090. The van der Waals surface area contributed by atoms with E-state index >= 15 is 0 Å². The fourth-order valence-electron chi connectivity index (χ4n) is 3.64. The highest BCUT2D eigenvalue weighted by Crippen LogP contribution is 2.22. The Balaban J connectivity index is 1.68. The van der Waals surface area contributed by atoms with E-state index in [1.54, 1.807) is 12.3 Å². The molecule has 4 rings (SSSR count). The quantitative estimate of drug-likeness (QED) is 0.509. The first-order chi connectivity index (χ1) is 14.0. The molecular weight excluding hydrogens is 432 g/mol. The lowest BCUT2D eigenvalue weighted by Crippen LogP contribution is -2.23. The molecule has 0 spiro atoms. The lowest BCUT2D eigenvalue weighted by atomic mass is 10.2. The molecule has 0 amide bonds. The van der Waals surface area contributed by atoms with Crippen LogP contribution in [-0.2, 0) is 0 Å². The van der Waals surface area contributed by atoms with Crippen molar-refractivity contribution in [1.29, 1.82) is 0 Å². The summed E-state index contributed by atoms with van der Waals surface area (Å²) in [6, 6.07) is 9.40. The molecule has 0 aliphatic carbocycles. The van der Waals surface area contributed by atoms with Gasteiger partial charge in [-0.2, -0.15) is 9.78 Å². The first-order valence-corrected chi connectivity index (χ1v) is 10.9. The Kier molecular flexibility index (Phi) is 5.85. The minimum atomic E-state index is -0.185. The lowest BCUT2D eigenvalue weighted by Gasteiger charge is -2.18. The Labute approximate surface area is 178 Å². The second kappa shape index (κ2) is 8.53. The van der Waals surface area contributed by atoms with Gasteiger partial charge in [-0.15, -0.1) is 0 Å². The molecule has 2 aromatic heterocycles. The highest BCUT2D eigenvalue weighted by molar-refractivity contribution is 9.10. The van der Waals surface area contributed by atoms with Crippen LogP contribution in [0.5, 0.6) is 0 Å². The van der Waals surface area contributed by atoms with Gasteiger partial charge in [-0.1, -0.05) is 42.6 Å². The number of benzene rings is 1. The van der Waals surface area contributed by atoms with Gasteiger partial charge in [-0.05, 0) is 37.1 Å². The average Bonchev–Trinajstić information content (AvgIpc) is 3.00. The smallest absolute Gasteiger partial charge is 0.282 e. The van der Waals surface area contributed by atoms with E-state index in [9.17, 15) is 4.79 Å². The van der Waals surface area contributed by atoms with Gasteiger partial charge in [0.05, 0.1) is 17.1 Å². The third-order valence-electron chi connectivity index (χ3n) is 5.18. The summed E-state index contributed by atoms with van der Waals surface area (Å²) in [4.78, 5) is 20.0. The van der Waals surface area contributed by atoms with Crippen LogP contribution < -0.4 is 10.5 Å². The number of hydrogen-bond donors (Lipinski definition) is 0. The number of hydrogen-bond acceptors (Lipinski definition) is 5. The van der Waals surface area contributed by atoms with Crippen LogP contribution in [-0.4, -0.2) is 29.0 Å². The molecule has 0 bridgehead atoms. The maximum Gasteiger partial charge on any atom is 0.282 e. The SMILES string of the molecule is CC(C)c1nc2ccc(Br)cc2c(=O)n1N=Cc1ccc(N2CCCCCC2)o1. The molecule has 1 aliphatic rings. The zero-order valence-electron chi connectivity index (χ0n) is 16.8. The van der Waals surface area contributed by atoms with Crippen molar-refractivity contribution in [2.24, 2.45) is 5.10 Å². The summed E-state index contributed by atoms with van der Waals surface area (Å²) in [5.74, 6) is 2.17. The molecule has 0 radical (unpaired) electrons. The van der Waals surface area contributed by atoms with E-state index in [2.05, 4.69) is 30.9 Å². The van der Waals surface area contributed by atoms with Crippen molar-refractivity contribution in [2.75, 3.05) is 18.0 Å². The minimum Gasteiger partial charge on any atom is -0.440 e. The van der Waals surface area contributed by atoms with Crippen molar-refractivity contribution in [2.45, 2.75) is 45.4 Å². The number of rotatable bonds is 4. The number of fused-ring (bicyclic) bond motifs is 1. The van der Waals surface area contributed by atoms with E-state index < -0.39 is 0 Å². The summed E-state index contributed by atoms with van der Waals surface area (Å²) in [7, 11) is 0. The summed E-state index contributed by atoms with van der Waals surface area (Å²) < 4.78 is 8.20. The standard InChI is InChI=1S/C22H25BrN4O2/c1-15(2)21-25-19-9-7-16(23)13-18(19)22(28)27(21)24-14-17-8-10-20(29-17)26-11-5-3-4-6-12-26/h7-10,13-15H,3-6,11-12H2,1-2H3. The molecule has 3 aromatic rings. The number of aromatic nitrogens is 2. The van der Waals surface area contributed by atoms with Gasteiger partial charge >= 0.3 is 0 Å². The summed E-state index contributed by atoms with van der Waals surface area (Å²) in [5.41, 5.74) is 0.491. The first kappa shape index (κ1) is 19.9. The van der Waals surface area contributed by atoms with Crippen LogP contribution in [0.3, 0.4) is 0 Å². The predicted molar refractivity (Wildman–Crippen MR) is 120 cm³/mol. The summed E-state index contributed by atoms with van der Waals surface area (Å²) >= 11 is 3.43. The zero-order valence-corrected chi connectivity index (χ0v) is 18.4. The molecule has 1 aliphatic heterocycles. The maximum absolute atomic E-state index is 13.1. The van der Waals surface area contributed by atoms with Gasteiger partial charge in [0.1, 0.15) is 11.6 Å². The monoisotopic (exact) mass is 456 g/mol.